The standard InChI is InChI=1S/C20H33NO2.ClH/c1-20(2,3)18-12-8-9-13-19(18)23-15-17(22)14-21(4)16-10-6-5-7-11-16;/h8-9,12-13,16-17,22H,5-7,10-11,14-15H2,1-4H3;1H. The van der Waals surface area contributed by atoms with E-state index in [1.165, 1.54) is 37.7 Å². The zero-order valence-corrected chi connectivity index (χ0v) is 16.4. The molecule has 0 heterocycles. The molecule has 3 nitrogen and oxygen atoms in total. The van der Waals surface area contributed by atoms with Crippen molar-refractivity contribution in [3.05, 3.63) is 29.8 Å². The first-order valence-electron chi connectivity index (χ1n) is 8.98. The predicted molar refractivity (Wildman–Crippen MR) is 103 cm³/mol. The van der Waals surface area contributed by atoms with Crippen LogP contribution in [0.15, 0.2) is 24.3 Å². The first-order chi connectivity index (χ1) is 10.9. The lowest BCUT2D eigenvalue weighted by Gasteiger charge is -2.32. The smallest absolute Gasteiger partial charge is 0.123 e. The van der Waals surface area contributed by atoms with Gasteiger partial charge in [-0.2, -0.15) is 0 Å². The molecule has 24 heavy (non-hydrogen) atoms. The fourth-order valence-corrected chi connectivity index (χ4v) is 3.45. The first-order valence-corrected chi connectivity index (χ1v) is 8.98. The number of aliphatic hydroxyl groups is 1. The van der Waals surface area contributed by atoms with E-state index in [9.17, 15) is 5.11 Å². The number of hydrogen-bond donors (Lipinski definition) is 1. The van der Waals surface area contributed by atoms with Crippen LogP contribution in [-0.4, -0.2) is 42.4 Å². The molecule has 0 aliphatic heterocycles. The summed E-state index contributed by atoms with van der Waals surface area (Å²) in [5.74, 6) is 0.888. The molecule has 0 aromatic heterocycles. The third-order valence-corrected chi connectivity index (χ3v) is 4.82. The van der Waals surface area contributed by atoms with E-state index in [1.54, 1.807) is 0 Å². The van der Waals surface area contributed by atoms with Crippen LogP contribution in [0, 0.1) is 0 Å². The largest absolute Gasteiger partial charge is 0.491 e. The number of halogens is 1. The molecule has 1 N–H and O–H groups in total. The molecule has 0 amide bonds. The Hall–Kier alpha value is -0.770. The molecular formula is C20H34ClNO2. The second-order valence-electron chi connectivity index (χ2n) is 7.94. The molecular weight excluding hydrogens is 322 g/mol. The molecule has 1 aromatic carbocycles. The lowest BCUT2D eigenvalue weighted by Crippen LogP contribution is -2.40. The van der Waals surface area contributed by atoms with Crippen molar-refractivity contribution >= 4 is 12.4 Å². The maximum absolute atomic E-state index is 10.3. The molecule has 0 spiro atoms. The van der Waals surface area contributed by atoms with Gasteiger partial charge in [0.2, 0.25) is 0 Å². The molecule has 1 aliphatic carbocycles. The zero-order chi connectivity index (χ0) is 16.9. The average molecular weight is 356 g/mol. The van der Waals surface area contributed by atoms with Crippen LogP contribution in [0.1, 0.15) is 58.4 Å². The van der Waals surface area contributed by atoms with Gasteiger partial charge in [0.05, 0.1) is 0 Å². The number of aliphatic hydroxyl groups excluding tert-OH is 1. The number of para-hydroxylation sites is 1. The SMILES string of the molecule is CN(CC(O)COc1ccccc1C(C)(C)C)C1CCCCC1.Cl. The Morgan fingerprint density at radius 1 is 1.17 bits per heavy atom. The van der Waals surface area contributed by atoms with Crippen LogP contribution in [-0.2, 0) is 5.41 Å². The van der Waals surface area contributed by atoms with Crippen LogP contribution in [0.4, 0.5) is 0 Å². The number of rotatable bonds is 6. The van der Waals surface area contributed by atoms with E-state index >= 15 is 0 Å². The second kappa shape index (κ2) is 9.65. The van der Waals surface area contributed by atoms with Crippen LogP contribution in [0.25, 0.3) is 0 Å². The van der Waals surface area contributed by atoms with Crippen LogP contribution in [0.2, 0.25) is 0 Å². The molecule has 1 aliphatic rings. The van der Waals surface area contributed by atoms with Crippen LogP contribution < -0.4 is 4.74 Å². The highest BCUT2D eigenvalue weighted by Crippen LogP contribution is 2.31. The van der Waals surface area contributed by atoms with Crippen molar-refractivity contribution in [3.8, 4) is 5.75 Å². The molecule has 1 atom stereocenters. The van der Waals surface area contributed by atoms with Gasteiger partial charge >= 0.3 is 0 Å². The van der Waals surface area contributed by atoms with E-state index in [2.05, 4.69) is 38.8 Å². The average Bonchev–Trinajstić information content (AvgIpc) is 2.53. The molecule has 2 rings (SSSR count). The van der Waals surface area contributed by atoms with E-state index < -0.39 is 6.10 Å². The lowest BCUT2D eigenvalue weighted by atomic mass is 9.86. The third-order valence-electron chi connectivity index (χ3n) is 4.82. The van der Waals surface area contributed by atoms with Crippen molar-refractivity contribution in [1.82, 2.24) is 4.90 Å². The summed E-state index contributed by atoms with van der Waals surface area (Å²) in [6, 6.07) is 8.76. The zero-order valence-electron chi connectivity index (χ0n) is 15.6. The molecule has 0 bridgehead atoms. The van der Waals surface area contributed by atoms with Gasteiger partial charge in [-0.25, -0.2) is 0 Å². The van der Waals surface area contributed by atoms with E-state index in [0.717, 1.165) is 5.75 Å². The highest BCUT2D eigenvalue weighted by Gasteiger charge is 2.22. The van der Waals surface area contributed by atoms with Crippen molar-refractivity contribution in [2.24, 2.45) is 0 Å². The number of benzene rings is 1. The predicted octanol–water partition coefficient (Wildman–Crippen LogP) is 4.41. The Morgan fingerprint density at radius 3 is 2.42 bits per heavy atom. The Bertz CT molecular complexity index is 481. The van der Waals surface area contributed by atoms with E-state index in [0.29, 0.717) is 19.2 Å². The van der Waals surface area contributed by atoms with Crippen LogP contribution in [0.5, 0.6) is 5.75 Å². The van der Waals surface area contributed by atoms with Gasteiger partial charge in [-0.15, -0.1) is 12.4 Å². The maximum Gasteiger partial charge on any atom is 0.123 e. The van der Waals surface area contributed by atoms with Crippen molar-refractivity contribution in [2.45, 2.75) is 70.4 Å². The molecule has 0 saturated heterocycles. The summed E-state index contributed by atoms with van der Waals surface area (Å²) in [5.41, 5.74) is 1.23. The molecule has 0 radical (unpaired) electrons. The minimum atomic E-state index is -0.449. The van der Waals surface area contributed by atoms with Gasteiger partial charge in [0.15, 0.2) is 0 Å². The van der Waals surface area contributed by atoms with Gasteiger partial charge in [0.25, 0.3) is 0 Å². The van der Waals surface area contributed by atoms with Crippen molar-refractivity contribution in [1.29, 1.82) is 0 Å². The molecule has 1 unspecified atom stereocenters. The molecule has 1 fully saturated rings. The van der Waals surface area contributed by atoms with Gasteiger partial charge in [0, 0.05) is 12.6 Å². The molecule has 4 heteroatoms. The highest BCUT2D eigenvalue weighted by atomic mass is 35.5. The number of likely N-dealkylation sites (N-methyl/N-ethyl adjacent to an activating group) is 1. The van der Waals surface area contributed by atoms with Crippen molar-refractivity contribution in [2.75, 3.05) is 20.2 Å². The van der Waals surface area contributed by atoms with Gasteiger partial charge in [-0.1, -0.05) is 58.2 Å². The second-order valence-corrected chi connectivity index (χ2v) is 7.94. The summed E-state index contributed by atoms with van der Waals surface area (Å²) >= 11 is 0. The van der Waals surface area contributed by atoms with Gasteiger partial charge in [-0.05, 0) is 36.9 Å². The summed E-state index contributed by atoms with van der Waals surface area (Å²) in [4.78, 5) is 2.31. The summed E-state index contributed by atoms with van der Waals surface area (Å²) in [6.07, 6.45) is 6.07. The highest BCUT2D eigenvalue weighted by molar-refractivity contribution is 5.85. The molecule has 1 aromatic rings. The third kappa shape index (κ3) is 6.27. The minimum absolute atomic E-state index is 0. The Labute approximate surface area is 153 Å². The summed E-state index contributed by atoms with van der Waals surface area (Å²) in [7, 11) is 2.13. The molecule has 138 valence electrons. The summed E-state index contributed by atoms with van der Waals surface area (Å²) in [5, 5.41) is 10.3. The Balaban J connectivity index is 0.00000288. The van der Waals surface area contributed by atoms with E-state index in [4.69, 9.17) is 4.74 Å². The Kier molecular flexibility index (Phi) is 8.55. The van der Waals surface area contributed by atoms with Crippen LogP contribution >= 0.6 is 12.4 Å². The van der Waals surface area contributed by atoms with E-state index in [1.807, 2.05) is 18.2 Å². The summed E-state index contributed by atoms with van der Waals surface area (Å²) in [6.45, 7) is 7.58. The van der Waals surface area contributed by atoms with Crippen LogP contribution in [0.3, 0.4) is 0 Å². The fraction of sp³-hybridized carbons (Fsp3) is 0.700. The molecule has 1 saturated carbocycles. The number of ether oxygens (including phenoxy) is 1. The van der Waals surface area contributed by atoms with Gasteiger partial charge < -0.3 is 14.7 Å². The lowest BCUT2D eigenvalue weighted by molar-refractivity contribution is 0.0556. The quantitative estimate of drug-likeness (QED) is 0.820. The monoisotopic (exact) mass is 355 g/mol. The Morgan fingerprint density at radius 2 is 1.79 bits per heavy atom. The van der Waals surface area contributed by atoms with Gasteiger partial charge in [0.1, 0.15) is 18.5 Å². The van der Waals surface area contributed by atoms with Gasteiger partial charge in [-0.3, -0.25) is 0 Å². The number of hydrogen-bond acceptors (Lipinski definition) is 3. The van der Waals surface area contributed by atoms with E-state index in [-0.39, 0.29) is 17.8 Å². The topological polar surface area (TPSA) is 32.7 Å². The summed E-state index contributed by atoms with van der Waals surface area (Å²) < 4.78 is 5.94. The fourth-order valence-electron chi connectivity index (χ4n) is 3.45. The minimum Gasteiger partial charge on any atom is -0.491 e. The first kappa shape index (κ1) is 21.3. The maximum atomic E-state index is 10.3. The number of nitrogens with zero attached hydrogens (tertiary/aromatic N) is 1. The normalized spacial score (nSPS) is 17.4. The van der Waals surface area contributed by atoms with Crippen molar-refractivity contribution in [3.63, 3.8) is 0 Å². The van der Waals surface area contributed by atoms with Crippen molar-refractivity contribution < 1.29 is 9.84 Å².